The minimum atomic E-state index is 0.104. The molecule has 1 saturated heterocycles. The Bertz CT molecular complexity index is 454. The van der Waals surface area contributed by atoms with Crippen LogP contribution in [0.1, 0.15) is 44.0 Å². The number of likely N-dealkylation sites (tertiary alicyclic amines) is 1. The Labute approximate surface area is 121 Å². The molecule has 0 radical (unpaired) electrons. The van der Waals surface area contributed by atoms with E-state index in [9.17, 15) is 4.79 Å². The Balaban J connectivity index is 1.97. The molecule has 0 aromatic carbocycles. The Morgan fingerprint density at radius 1 is 1.30 bits per heavy atom. The van der Waals surface area contributed by atoms with Crippen molar-refractivity contribution in [2.75, 3.05) is 25.5 Å². The second-order valence-electron chi connectivity index (χ2n) is 6.61. The predicted octanol–water partition coefficient (Wildman–Crippen LogP) is 3.02. The van der Waals surface area contributed by atoms with E-state index in [-0.39, 0.29) is 5.91 Å². The molecule has 20 heavy (non-hydrogen) atoms. The number of pyridine rings is 1. The van der Waals surface area contributed by atoms with Crippen LogP contribution >= 0.6 is 0 Å². The van der Waals surface area contributed by atoms with Crippen LogP contribution in [0.3, 0.4) is 0 Å². The largest absolute Gasteiger partial charge is 0.373 e. The van der Waals surface area contributed by atoms with Crippen molar-refractivity contribution < 1.29 is 4.79 Å². The number of hydrogen-bond acceptors (Lipinski definition) is 3. The molecule has 1 aromatic rings. The Hall–Kier alpha value is -1.58. The van der Waals surface area contributed by atoms with Gasteiger partial charge in [-0.3, -0.25) is 4.79 Å². The topological polar surface area (TPSA) is 45.2 Å². The van der Waals surface area contributed by atoms with E-state index in [2.05, 4.69) is 31.1 Å². The van der Waals surface area contributed by atoms with Crippen LogP contribution in [0.25, 0.3) is 0 Å². The molecule has 1 amide bonds. The molecule has 4 nitrogen and oxygen atoms in total. The van der Waals surface area contributed by atoms with E-state index in [1.165, 1.54) is 0 Å². The highest BCUT2D eigenvalue weighted by molar-refractivity contribution is 5.94. The van der Waals surface area contributed by atoms with Gasteiger partial charge < -0.3 is 10.2 Å². The maximum absolute atomic E-state index is 12.4. The first-order valence-corrected chi connectivity index (χ1v) is 7.35. The van der Waals surface area contributed by atoms with E-state index in [0.29, 0.717) is 16.9 Å². The second kappa shape index (κ2) is 5.81. The van der Waals surface area contributed by atoms with Crippen LogP contribution < -0.4 is 5.32 Å². The molecule has 1 fully saturated rings. The first-order valence-electron chi connectivity index (χ1n) is 7.35. The average molecular weight is 275 g/mol. The Morgan fingerprint density at radius 3 is 2.40 bits per heavy atom. The maximum atomic E-state index is 12.4. The number of carbonyl (C=O) groups is 1. The second-order valence-corrected chi connectivity index (χ2v) is 6.61. The molecule has 0 aliphatic carbocycles. The molecule has 0 unspecified atom stereocenters. The molecule has 0 saturated carbocycles. The Morgan fingerprint density at radius 2 is 1.95 bits per heavy atom. The van der Waals surface area contributed by atoms with Crippen molar-refractivity contribution in [1.82, 2.24) is 9.88 Å². The van der Waals surface area contributed by atoms with Gasteiger partial charge in [-0.2, -0.15) is 0 Å². The van der Waals surface area contributed by atoms with Crippen LogP contribution in [0.5, 0.6) is 0 Å². The fourth-order valence-electron chi connectivity index (χ4n) is 2.80. The fourth-order valence-corrected chi connectivity index (χ4v) is 2.80. The van der Waals surface area contributed by atoms with Crippen molar-refractivity contribution in [2.24, 2.45) is 11.3 Å². The van der Waals surface area contributed by atoms with Gasteiger partial charge in [-0.1, -0.05) is 20.8 Å². The first kappa shape index (κ1) is 14.8. The van der Waals surface area contributed by atoms with Crippen molar-refractivity contribution in [3.8, 4) is 0 Å². The summed E-state index contributed by atoms with van der Waals surface area (Å²) in [6, 6.07) is 3.69. The predicted molar refractivity (Wildman–Crippen MR) is 81.9 cm³/mol. The SMILES string of the molecule is CNc1ccc(C(=O)N2CCC(C(C)(C)C)CC2)cn1. The molecule has 2 heterocycles. The zero-order valence-electron chi connectivity index (χ0n) is 12.9. The summed E-state index contributed by atoms with van der Waals surface area (Å²) in [6.45, 7) is 8.57. The third-order valence-electron chi connectivity index (χ3n) is 4.27. The zero-order valence-corrected chi connectivity index (χ0v) is 12.9. The summed E-state index contributed by atoms with van der Waals surface area (Å²) in [6.07, 6.45) is 3.85. The molecular weight excluding hydrogens is 250 g/mol. The summed E-state index contributed by atoms with van der Waals surface area (Å²) >= 11 is 0. The summed E-state index contributed by atoms with van der Waals surface area (Å²) in [5, 5.41) is 2.96. The highest BCUT2D eigenvalue weighted by Crippen LogP contribution is 2.34. The molecule has 1 aliphatic rings. The van der Waals surface area contributed by atoms with Crippen molar-refractivity contribution in [3.63, 3.8) is 0 Å². The maximum Gasteiger partial charge on any atom is 0.255 e. The van der Waals surface area contributed by atoms with Gasteiger partial charge in [-0.25, -0.2) is 4.98 Å². The normalized spacial score (nSPS) is 17.1. The molecule has 0 spiro atoms. The summed E-state index contributed by atoms with van der Waals surface area (Å²) in [4.78, 5) is 18.6. The van der Waals surface area contributed by atoms with Crippen LogP contribution in [-0.2, 0) is 0 Å². The van der Waals surface area contributed by atoms with Gasteiger partial charge in [0.15, 0.2) is 0 Å². The molecule has 110 valence electrons. The van der Waals surface area contributed by atoms with Gasteiger partial charge in [0.25, 0.3) is 5.91 Å². The monoisotopic (exact) mass is 275 g/mol. The van der Waals surface area contributed by atoms with Gasteiger partial charge in [0.2, 0.25) is 0 Å². The molecule has 0 bridgehead atoms. The van der Waals surface area contributed by atoms with Crippen LogP contribution in [0, 0.1) is 11.3 Å². The summed E-state index contributed by atoms with van der Waals surface area (Å²) < 4.78 is 0. The number of hydrogen-bond donors (Lipinski definition) is 1. The molecule has 1 N–H and O–H groups in total. The molecule has 0 atom stereocenters. The van der Waals surface area contributed by atoms with Gasteiger partial charge in [0.05, 0.1) is 5.56 Å². The lowest BCUT2D eigenvalue weighted by atomic mass is 9.75. The third kappa shape index (κ3) is 3.30. The van der Waals surface area contributed by atoms with Crippen LogP contribution in [0.4, 0.5) is 5.82 Å². The van der Waals surface area contributed by atoms with Crippen LogP contribution in [0.15, 0.2) is 18.3 Å². The number of rotatable bonds is 2. The van der Waals surface area contributed by atoms with Crippen molar-refractivity contribution in [1.29, 1.82) is 0 Å². The van der Waals surface area contributed by atoms with E-state index in [1.807, 2.05) is 24.1 Å². The van der Waals surface area contributed by atoms with Gasteiger partial charge in [0, 0.05) is 26.3 Å². The average Bonchev–Trinajstić information content (AvgIpc) is 2.46. The van der Waals surface area contributed by atoms with Gasteiger partial charge in [-0.05, 0) is 36.3 Å². The van der Waals surface area contributed by atoms with Gasteiger partial charge >= 0.3 is 0 Å². The van der Waals surface area contributed by atoms with Crippen LogP contribution in [-0.4, -0.2) is 35.9 Å². The summed E-state index contributed by atoms with van der Waals surface area (Å²) in [5.41, 5.74) is 1.02. The standard InChI is InChI=1S/C16H25N3O/c1-16(2,3)13-7-9-19(10-8-13)15(20)12-5-6-14(17-4)18-11-12/h5-6,11,13H,7-10H2,1-4H3,(H,17,18). The van der Waals surface area contributed by atoms with Crippen molar-refractivity contribution in [2.45, 2.75) is 33.6 Å². The Kier molecular flexibility index (Phi) is 4.31. The lowest BCUT2D eigenvalue weighted by Crippen LogP contribution is -2.41. The minimum absolute atomic E-state index is 0.104. The van der Waals surface area contributed by atoms with E-state index in [4.69, 9.17) is 0 Å². The van der Waals surface area contributed by atoms with E-state index < -0.39 is 0 Å². The van der Waals surface area contributed by atoms with E-state index >= 15 is 0 Å². The highest BCUT2D eigenvalue weighted by atomic mass is 16.2. The number of amides is 1. The fraction of sp³-hybridized carbons (Fsp3) is 0.625. The number of carbonyl (C=O) groups excluding carboxylic acids is 1. The lowest BCUT2D eigenvalue weighted by Gasteiger charge is -2.38. The van der Waals surface area contributed by atoms with E-state index in [1.54, 1.807) is 6.20 Å². The third-order valence-corrected chi connectivity index (χ3v) is 4.27. The first-order chi connectivity index (χ1) is 9.41. The zero-order chi connectivity index (χ0) is 14.8. The van der Waals surface area contributed by atoms with Crippen LogP contribution in [0.2, 0.25) is 0 Å². The molecule has 2 rings (SSSR count). The van der Waals surface area contributed by atoms with E-state index in [0.717, 1.165) is 31.7 Å². The van der Waals surface area contributed by atoms with Crippen molar-refractivity contribution >= 4 is 11.7 Å². The number of piperidine rings is 1. The molecule has 4 heteroatoms. The summed E-state index contributed by atoms with van der Waals surface area (Å²) in [5.74, 6) is 1.59. The molecule has 1 aliphatic heterocycles. The van der Waals surface area contributed by atoms with Gasteiger partial charge in [0.1, 0.15) is 5.82 Å². The lowest BCUT2D eigenvalue weighted by molar-refractivity contribution is 0.0608. The number of anilines is 1. The molecule has 1 aromatic heterocycles. The number of nitrogens with one attached hydrogen (secondary N) is 1. The minimum Gasteiger partial charge on any atom is -0.373 e. The molecular formula is C16H25N3O. The van der Waals surface area contributed by atoms with Crippen molar-refractivity contribution in [3.05, 3.63) is 23.9 Å². The summed E-state index contributed by atoms with van der Waals surface area (Å²) in [7, 11) is 1.82. The quantitative estimate of drug-likeness (QED) is 0.902. The smallest absolute Gasteiger partial charge is 0.255 e. The highest BCUT2D eigenvalue weighted by Gasteiger charge is 2.30. The number of aromatic nitrogens is 1. The number of nitrogens with zero attached hydrogens (tertiary/aromatic N) is 2. The van der Waals surface area contributed by atoms with Gasteiger partial charge in [-0.15, -0.1) is 0 Å².